The molecule has 1 unspecified atom stereocenters. The zero-order valence-electron chi connectivity index (χ0n) is 15.5. The van der Waals surface area contributed by atoms with Crippen molar-refractivity contribution >= 4 is 6.09 Å². The van der Waals surface area contributed by atoms with E-state index in [-0.39, 0.29) is 19.3 Å². The molecule has 0 saturated carbocycles. The standard InChI is InChI=1S/C19H28N2O4/c1-5-15(21-18(23)25-19(2,3)4)9-10-16-14(13-20)7-6-8-17(16)24-12-11-22/h6-8,15,22H,5,9-12H2,1-4H3,(H,21,23). The van der Waals surface area contributed by atoms with Gasteiger partial charge in [0.1, 0.15) is 18.0 Å². The number of hydrogen-bond donors (Lipinski definition) is 2. The Hall–Kier alpha value is -2.26. The molecule has 0 saturated heterocycles. The second-order valence-electron chi connectivity index (χ2n) is 6.76. The lowest BCUT2D eigenvalue weighted by atomic mass is 9.98. The molecule has 6 nitrogen and oxygen atoms in total. The minimum atomic E-state index is -0.541. The number of carbonyl (C=O) groups is 1. The maximum atomic E-state index is 11.9. The Balaban J connectivity index is 2.77. The van der Waals surface area contributed by atoms with Gasteiger partial charge in [-0.3, -0.25) is 0 Å². The van der Waals surface area contributed by atoms with Gasteiger partial charge < -0.3 is 19.9 Å². The van der Waals surface area contributed by atoms with Crippen LogP contribution in [0, 0.1) is 11.3 Å². The van der Waals surface area contributed by atoms with Gasteiger partial charge in [0, 0.05) is 11.6 Å². The molecule has 0 aliphatic rings. The highest BCUT2D eigenvalue weighted by atomic mass is 16.6. The number of rotatable bonds is 8. The highest BCUT2D eigenvalue weighted by Crippen LogP contribution is 2.24. The molecule has 1 rings (SSSR count). The third-order valence-electron chi connectivity index (χ3n) is 3.56. The third kappa shape index (κ3) is 7.44. The lowest BCUT2D eigenvalue weighted by Gasteiger charge is -2.23. The first kappa shape index (κ1) is 20.8. The maximum absolute atomic E-state index is 11.9. The van der Waals surface area contributed by atoms with Gasteiger partial charge in [0.25, 0.3) is 0 Å². The SMILES string of the molecule is CCC(CCc1c(C#N)cccc1OCCO)NC(=O)OC(C)(C)C. The van der Waals surface area contributed by atoms with Crippen molar-refractivity contribution < 1.29 is 19.4 Å². The lowest BCUT2D eigenvalue weighted by Crippen LogP contribution is -2.39. The summed E-state index contributed by atoms with van der Waals surface area (Å²) < 4.78 is 10.8. The van der Waals surface area contributed by atoms with E-state index >= 15 is 0 Å². The van der Waals surface area contributed by atoms with Crippen molar-refractivity contribution in [3.8, 4) is 11.8 Å². The summed E-state index contributed by atoms with van der Waals surface area (Å²) in [6.07, 6.45) is 1.55. The van der Waals surface area contributed by atoms with E-state index in [1.807, 2.05) is 27.7 Å². The van der Waals surface area contributed by atoms with E-state index in [4.69, 9.17) is 14.6 Å². The topological polar surface area (TPSA) is 91.6 Å². The van der Waals surface area contributed by atoms with Gasteiger partial charge in [-0.2, -0.15) is 5.26 Å². The molecule has 0 aliphatic heterocycles. The summed E-state index contributed by atoms with van der Waals surface area (Å²) in [4.78, 5) is 11.9. The quantitative estimate of drug-likeness (QED) is 0.753. The van der Waals surface area contributed by atoms with Gasteiger partial charge in [-0.15, -0.1) is 0 Å². The number of nitriles is 1. The van der Waals surface area contributed by atoms with Crippen LogP contribution in [0.15, 0.2) is 18.2 Å². The molecule has 1 amide bonds. The number of ether oxygens (including phenoxy) is 2. The summed E-state index contributed by atoms with van der Waals surface area (Å²) in [7, 11) is 0. The van der Waals surface area contributed by atoms with Crippen molar-refractivity contribution in [2.24, 2.45) is 0 Å². The van der Waals surface area contributed by atoms with Gasteiger partial charge in [0.15, 0.2) is 0 Å². The summed E-state index contributed by atoms with van der Waals surface area (Å²) in [6, 6.07) is 7.39. The Kier molecular flexibility index (Phi) is 8.23. The van der Waals surface area contributed by atoms with Gasteiger partial charge >= 0.3 is 6.09 Å². The van der Waals surface area contributed by atoms with Crippen LogP contribution in [0.1, 0.15) is 51.7 Å². The van der Waals surface area contributed by atoms with Crippen LogP contribution in [0.3, 0.4) is 0 Å². The second kappa shape index (κ2) is 9.90. The van der Waals surface area contributed by atoms with Crippen molar-refractivity contribution in [1.29, 1.82) is 5.26 Å². The van der Waals surface area contributed by atoms with Crippen LogP contribution in [0.25, 0.3) is 0 Å². The average molecular weight is 348 g/mol. The summed E-state index contributed by atoms with van der Waals surface area (Å²) >= 11 is 0. The number of carbonyl (C=O) groups excluding carboxylic acids is 1. The smallest absolute Gasteiger partial charge is 0.407 e. The fourth-order valence-corrected chi connectivity index (χ4v) is 2.39. The fraction of sp³-hybridized carbons (Fsp3) is 0.579. The largest absolute Gasteiger partial charge is 0.491 e. The van der Waals surface area contributed by atoms with Gasteiger partial charge in [-0.05, 0) is 52.2 Å². The van der Waals surface area contributed by atoms with E-state index in [1.165, 1.54) is 0 Å². The van der Waals surface area contributed by atoms with Crippen LogP contribution < -0.4 is 10.1 Å². The Labute approximate surface area is 149 Å². The number of benzene rings is 1. The Morgan fingerprint density at radius 3 is 2.68 bits per heavy atom. The van der Waals surface area contributed by atoms with Crippen molar-refractivity contribution in [1.82, 2.24) is 5.32 Å². The predicted octanol–water partition coefficient (Wildman–Crippen LogP) is 3.17. The molecule has 0 bridgehead atoms. The molecule has 6 heteroatoms. The second-order valence-corrected chi connectivity index (χ2v) is 6.76. The molecule has 2 N–H and O–H groups in total. The number of alkyl carbamates (subject to hydrolysis) is 1. The van der Waals surface area contributed by atoms with Crippen molar-refractivity contribution in [3.63, 3.8) is 0 Å². The molecule has 0 heterocycles. The molecule has 0 spiro atoms. The molecule has 0 fully saturated rings. The van der Waals surface area contributed by atoms with E-state index in [9.17, 15) is 10.1 Å². The van der Waals surface area contributed by atoms with Gasteiger partial charge in [0.2, 0.25) is 0 Å². The number of nitrogens with zero attached hydrogens (tertiary/aromatic N) is 1. The first-order valence-electron chi connectivity index (χ1n) is 8.55. The number of nitrogens with one attached hydrogen (secondary N) is 1. The Bertz CT molecular complexity index is 602. The van der Waals surface area contributed by atoms with Crippen molar-refractivity contribution in [2.45, 2.75) is 58.6 Å². The molecule has 0 aromatic heterocycles. The number of aliphatic hydroxyl groups excluding tert-OH is 1. The number of hydrogen-bond acceptors (Lipinski definition) is 5. The molecule has 1 atom stereocenters. The molecule has 25 heavy (non-hydrogen) atoms. The van der Waals surface area contributed by atoms with E-state index in [1.54, 1.807) is 18.2 Å². The van der Waals surface area contributed by atoms with Crippen LogP contribution in [-0.2, 0) is 11.2 Å². The molecule has 138 valence electrons. The molecule has 0 aliphatic carbocycles. The summed E-state index contributed by atoms with van der Waals surface area (Å²) in [5.74, 6) is 0.597. The predicted molar refractivity (Wildman–Crippen MR) is 95.5 cm³/mol. The van der Waals surface area contributed by atoms with Gasteiger partial charge in [-0.25, -0.2) is 4.79 Å². The minimum Gasteiger partial charge on any atom is -0.491 e. The molecule has 1 aromatic rings. The first-order valence-corrected chi connectivity index (χ1v) is 8.55. The highest BCUT2D eigenvalue weighted by molar-refractivity contribution is 5.68. The Morgan fingerprint density at radius 2 is 2.12 bits per heavy atom. The third-order valence-corrected chi connectivity index (χ3v) is 3.56. The maximum Gasteiger partial charge on any atom is 0.407 e. The van der Waals surface area contributed by atoms with Gasteiger partial charge in [0.05, 0.1) is 18.2 Å². The molecule has 0 radical (unpaired) electrons. The average Bonchev–Trinajstić information content (AvgIpc) is 2.55. The molecular weight excluding hydrogens is 320 g/mol. The van der Waals surface area contributed by atoms with Crippen LogP contribution in [0.4, 0.5) is 4.79 Å². The Morgan fingerprint density at radius 1 is 1.40 bits per heavy atom. The molecule has 1 aromatic carbocycles. The normalized spacial score (nSPS) is 12.2. The summed E-state index contributed by atoms with van der Waals surface area (Å²) in [6.45, 7) is 7.54. The number of amides is 1. The fourth-order valence-electron chi connectivity index (χ4n) is 2.39. The van der Waals surface area contributed by atoms with Crippen LogP contribution >= 0.6 is 0 Å². The van der Waals surface area contributed by atoms with Crippen molar-refractivity contribution in [3.05, 3.63) is 29.3 Å². The van der Waals surface area contributed by atoms with E-state index in [2.05, 4.69) is 11.4 Å². The zero-order chi connectivity index (χ0) is 18.9. The first-order chi connectivity index (χ1) is 11.8. The van der Waals surface area contributed by atoms with E-state index in [0.717, 1.165) is 12.0 Å². The monoisotopic (exact) mass is 348 g/mol. The van der Waals surface area contributed by atoms with Crippen LogP contribution in [0.2, 0.25) is 0 Å². The number of aliphatic hydroxyl groups is 1. The zero-order valence-corrected chi connectivity index (χ0v) is 15.5. The van der Waals surface area contributed by atoms with E-state index < -0.39 is 11.7 Å². The summed E-state index contributed by atoms with van der Waals surface area (Å²) in [5, 5.41) is 21.1. The minimum absolute atomic E-state index is 0.0627. The lowest BCUT2D eigenvalue weighted by molar-refractivity contribution is 0.0500. The summed E-state index contributed by atoms with van der Waals surface area (Å²) in [5.41, 5.74) is 0.798. The van der Waals surface area contributed by atoms with Gasteiger partial charge in [-0.1, -0.05) is 13.0 Å². The van der Waals surface area contributed by atoms with Crippen LogP contribution in [0.5, 0.6) is 5.75 Å². The highest BCUT2D eigenvalue weighted by Gasteiger charge is 2.19. The van der Waals surface area contributed by atoms with E-state index in [0.29, 0.717) is 24.2 Å². The molecular formula is C19H28N2O4. The van der Waals surface area contributed by atoms with Crippen LogP contribution in [-0.4, -0.2) is 36.1 Å². The van der Waals surface area contributed by atoms with Crippen molar-refractivity contribution in [2.75, 3.05) is 13.2 Å².